The van der Waals surface area contributed by atoms with Gasteiger partial charge in [0.2, 0.25) is 10.0 Å². The molecule has 1 heterocycles. The van der Waals surface area contributed by atoms with Crippen molar-refractivity contribution in [1.29, 1.82) is 0 Å². The van der Waals surface area contributed by atoms with Crippen molar-refractivity contribution in [2.24, 2.45) is 0 Å². The third kappa shape index (κ3) is 4.36. The smallest absolute Gasteiger partial charge is 0.240 e. The third-order valence-corrected chi connectivity index (χ3v) is 6.16. The second-order valence-corrected chi connectivity index (χ2v) is 8.32. The van der Waals surface area contributed by atoms with Crippen molar-refractivity contribution in [1.82, 2.24) is 9.10 Å². The van der Waals surface area contributed by atoms with Crippen LogP contribution < -0.4 is 10.0 Å². The van der Waals surface area contributed by atoms with Crippen molar-refractivity contribution < 1.29 is 8.42 Å². The molecule has 2 aromatic carbocycles. The van der Waals surface area contributed by atoms with Crippen LogP contribution in [0.3, 0.4) is 0 Å². The average Bonchev–Trinajstić information content (AvgIpc) is 3.03. The third-order valence-electron chi connectivity index (χ3n) is 3.86. The van der Waals surface area contributed by atoms with E-state index in [0.29, 0.717) is 18.0 Å². The van der Waals surface area contributed by atoms with Gasteiger partial charge in [-0.05, 0) is 47.8 Å². The van der Waals surface area contributed by atoms with Gasteiger partial charge in [-0.1, -0.05) is 37.6 Å². The second kappa shape index (κ2) is 7.95. The van der Waals surface area contributed by atoms with E-state index in [9.17, 15) is 8.42 Å². The fourth-order valence-corrected chi connectivity index (χ4v) is 4.37. The quantitative estimate of drug-likeness (QED) is 0.590. The van der Waals surface area contributed by atoms with Crippen LogP contribution in [0.5, 0.6) is 0 Å². The summed E-state index contributed by atoms with van der Waals surface area (Å²) in [6.45, 7) is 2.87. The molecule has 3 aromatic rings. The summed E-state index contributed by atoms with van der Waals surface area (Å²) in [6.07, 6.45) is 2.00. The molecule has 0 radical (unpaired) electrons. The molecule has 5 nitrogen and oxygen atoms in total. The predicted octanol–water partition coefficient (Wildman–Crippen LogP) is 3.64. The van der Waals surface area contributed by atoms with Gasteiger partial charge in [0.1, 0.15) is 5.82 Å². The molecule has 2 N–H and O–H groups in total. The molecule has 0 fully saturated rings. The number of nitrogens with one attached hydrogen (secondary N) is 2. The summed E-state index contributed by atoms with van der Waals surface area (Å²) < 4.78 is 32.7. The molecule has 3 rings (SSSR count). The van der Waals surface area contributed by atoms with E-state index in [0.717, 1.165) is 34.3 Å². The van der Waals surface area contributed by atoms with Gasteiger partial charge < -0.3 is 5.32 Å². The van der Waals surface area contributed by atoms with E-state index >= 15 is 0 Å². The first kappa shape index (κ1) is 17.8. The molecule has 25 heavy (non-hydrogen) atoms. The van der Waals surface area contributed by atoms with Gasteiger partial charge >= 0.3 is 0 Å². The highest BCUT2D eigenvalue weighted by atomic mass is 32.2. The van der Waals surface area contributed by atoms with Crippen molar-refractivity contribution in [3.8, 4) is 0 Å². The Hall–Kier alpha value is -1.96. The molecule has 0 spiro atoms. The monoisotopic (exact) mass is 375 g/mol. The first-order chi connectivity index (χ1) is 12.1. The first-order valence-electron chi connectivity index (χ1n) is 8.27. The number of fused-ring (bicyclic) bond motifs is 1. The summed E-state index contributed by atoms with van der Waals surface area (Å²) in [5, 5.41) is 4.25. The van der Waals surface area contributed by atoms with Crippen molar-refractivity contribution >= 4 is 37.5 Å². The largest absolute Gasteiger partial charge is 0.367 e. The number of hydrogen-bond donors (Lipinski definition) is 2. The highest BCUT2D eigenvalue weighted by Gasteiger charge is 2.13. The average molecular weight is 376 g/mol. The molecule has 0 amide bonds. The minimum Gasteiger partial charge on any atom is -0.367 e. The summed E-state index contributed by atoms with van der Waals surface area (Å²) in [4.78, 5) is 0.298. The molecule has 132 valence electrons. The number of anilines is 1. The normalized spacial score (nSPS) is 11.7. The summed E-state index contributed by atoms with van der Waals surface area (Å²) in [5.41, 5.74) is 1.15. The van der Waals surface area contributed by atoms with Crippen LogP contribution in [0.25, 0.3) is 10.1 Å². The Labute approximate surface area is 152 Å². The SMILES string of the molecule is CCCc1ccc(S(=O)(=O)NCCNc2nsc3ccccc23)cc1. The molecule has 0 unspecified atom stereocenters. The lowest BCUT2D eigenvalue weighted by Crippen LogP contribution is -2.29. The van der Waals surface area contributed by atoms with E-state index in [-0.39, 0.29) is 0 Å². The maximum atomic E-state index is 12.3. The Bertz CT molecular complexity index is 934. The molecule has 0 aliphatic rings. The van der Waals surface area contributed by atoms with Crippen LogP contribution in [0.1, 0.15) is 18.9 Å². The Morgan fingerprint density at radius 3 is 2.56 bits per heavy atom. The van der Waals surface area contributed by atoms with Crippen LogP contribution in [-0.4, -0.2) is 25.9 Å². The number of rotatable bonds is 8. The van der Waals surface area contributed by atoms with E-state index in [4.69, 9.17) is 0 Å². The fourth-order valence-electron chi connectivity index (χ4n) is 2.59. The second-order valence-electron chi connectivity index (χ2n) is 5.75. The molecule has 1 aromatic heterocycles. The van der Waals surface area contributed by atoms with E-state index in [2.05, 4.69) is 21.3 Å². The molecule has 0 aliphatic carbocycles. The van der Waals surface area contributed by atoms with E-state index in [1.165, 1.54) is 11.5 Å². The highest BCUT2D eigenvalue weighted by molar-refractivity contribution is 7.89. The van der Waals surface area contributed by atoms with Crippen molar-refractivity contribution in [2.75, 3.05) is 18.4 Å². The van der Waals surface area contributed by atoms with Gasteiger partial charge in [-0.25, -0.2) is 13.1 Å². The summed E-state index contributed by atoms with van der Waals surface area (Å²) in [6, 6.07) is 15.0. The van der Waals surface area contributed by atoms with E-state index < -0.39 is 10.0 Å². The van der Waals surface area contributed by atoms with Gasteiger partial charge in [0, 0.05) is 18.5 Å². The topological polar surface area (TPSA) is 71.1 Å². The lowest BCUT2D eigenvalue weighted by Gasteiger charge is -2.08. The maximum Gasteiger partial charge on any atom is 0.240 e. The van der Waals surface area contributed by atoms with E-state index in [1.807, 2.05) is 36.4 Å². The van der Waals surface area contributed by atoms with Crippen LogP contribution in [0, 0.1) is 0 Å². The van der Waals surface area contributed by atoms with Crippen molar-refractivity contribution in [3.05, 3.63) is 54.1 Å². The minimum absolute atomic E-state index is 0.297. The Morgan fingerprint density at radius 1 is 1.04 bits per heavy atom. The van der Waals surface area contributed by atoms with Crippen molar-refractivity contribution in [3.63, 3.8) is 0 Å². The number of aromatic nitrogens is 1. The molecular weight excluding hydrogens is 354 g/mol. The standard InChI is InChI=1S/C18H21N3O2S2/c1-2-5-14-8-10-15(11-9-14)25(22,23)20-13-12-19-18-16-6-3-4-7-17(16)24-21-18/h3-4,6-11,20H,2,5,12-13H2,1H3,(H,19,21). The maximum absolute atomic E-state index is 12.3. The molecule has 0 bridgehead atoms. The lowest BCUT2D eigenvalue weighted by molar-refractivity contribution is 0.583. The summed E-state index contributed by atoms with van der Waals surface area (Å²) >= 11 is 1.43. The zero-order valence-corrected chi connectivity index (χ0v) is 15.7. The minimum atomic E-state index is -3.48. The molecule has 0 aliphatic heterocycles. The number of nitrogens with zero attached hydrogens (tertiary/aromatic N) is 1. The Morgan fingerprint density at radius 2 is 1.80 bits per heavy atom. The summed E-state index contributed by atoms with van der Waals surface area (Å²) in [5.74, 6) is 0.795. The van der Waals surface area contributed by atoms with Crippen LogP contribution in [-0.2, 0) is 16.4 Å². The molecular formula is C18H21N3O2S2. The molecule has 0 saturated heterocycles. The van der Waals surface area contributed by atoms with Crippen LogP contribution in [0.15, 0.2) is 53.4 Å². The molecule has 0 saturated carbocycles. The number of hydrogen-bond acceptors (Lipinski definition) is 5. The van der Waals surface area contributed by atoms with Gasteiger partial charge in [-0.2, -0.15) is 4.37 Å². The van der Waals surface area contributed by atoms with Gasteiger partial charge in [-0.15, -0.1) is 0 Å². The molecule has 0 atom stereocenters. The van der Waals surface area contributed by atoms with Crippen LogP contribution >= 0.6 is 11.5 Å². The van der Waals surface area contributed by atoms with Crippen molar-refractivity contribution in [2.45, 2.75) is 24.7 Å². The zero-order valence-electron chi connectivity index (χ0n) is 14.0. The highest BCUT2D eigenvalue weighted by Crippen LogP contribution is 2.25. The molecule has 7 heteroatoms. The number of benzene rings is 2. The van der Waals surface area contributed by atoms with Crippen LogP contribution in [0.4, 0.5) is 5.82 Å². The van der Waals surface area contributed by atoms with Crippen LogP contribution in [0.2, 0.25) is 0 Å². The Kier molecular flexibility index (Phi) is 5.67. The first-order valence-corrected chi connectivity index (χ1v) is 10.5. The Balaban J connectivity index is 1.55. The number of sulfonamides is 1. The van der Waals surface area contributed by atoms with Gasteiger partial charge in [0.25, 0.3) is 0 Å². The fraction of sp³-hybridized carbons (Fsp3) is 0.278. The van der Waals surface area contributed by atoms with Gasteiger partial charge in [-0.3, -0.25) is 0 Å². The van der Waals surface area contributed by atoms with Gasteiger partial charge in [0.15, 0.2) is 0 Å². The lowest BCUT2D eigenvalue weighted by atomic mass is 10.1. The zero-order chi connectivity index (χ0) is 17.7. The van der Waals surface area contributed by atoms with Gasteiger partial charge in [0.05, 0.1) is 9.60 Å². The van der Waals surface area contributed by atoms with E-state index in [1.54, 1.807) is 12.1 Å². The predicted molar refractivity (Wildman–Crippen MR) is 104 cm³/mol. The summed E-state index contributed by atoms with van der Waals surface area (Å²) in [7, 11) is -3.48. The number of aryl methyl sites for hydroxylation is 1.